The summed E-state index contributed by atoms with van der Waals surface area (Å²) >= 11 is 0. The molecule has 0 saturated carbocycles. The maximum atomic E-state index is 13.6. The Hall–Kier alpha value is -2.18. The molecule has 1 saturated heterocycles. The molecule has 2 aromatic rings. The van der Waals surface area contributed by atoms with Gasteiger partial charge in [0.05, 0.1) is 23.4 Å². The molecule has 2 aromatic carbocycles. The Morgan fingerprint density at radius 3 is 2.22 bits per heavy atom. The van der Waals surface area contributed by atoms with Crippen LogP contribution in [0.3, 0.4) is 0 Å². The van der Waals surface area contributed by atoms with Crippen molar-refractivity contribution in [3.63, 3.8) is 0 Å². The number of hydrogen-bond donors (Lipinski definition) is 0. The second-order valence-corrected chi connectivity index (χ2v) is 7.73. The predicted octanol–water partition coefficient (Wildman–Crippen LogP) is 3.56. The summed E-state index contributed by atoms with van der Waals surface area (Å²) in [4.78, 5) is 10.6. The smallest absolute Gasteiger partial charge is 0.493 e. The van der Waals surface area contributed by atoms with Crippen LogP contribution in [0.4, 0.5) is 4.39 Å². The monoisotopic (exact) mass is 370 g/mol. The first-order valence-corrected chi connectivity index (χ1v) is 9.04. The average Bonchev–Trinajstić information content (AvgIpc) is 2.83. The second-order valence-electron chi connectivity index (χ2n) is 7.73. The van der Waals surface area contributed by atoms with Crippen LogP contribution in [-0.2, 0) is 15.7 Å². The van der Waals surface area contributed by atoms with Crippen LogP contribution >= 0.6 is 0 Å². The van der Waals surface area contributed by atoms with E-state index >= 15 is 0 Å². The topological polar surface area (TPSA) is 44.8 Å². The number of carbonyl (C=O) groups is 1. The maximum absolute atomic E-state index is 13.6. The summed E-state index contributed by atoms with van der Waals surface area (Å²) in [5.41, 5.74) is 1.38. The van der Waals surface area contributed by atoms with Gasteiger partial charge >= 0.3 is 7.12 Å². The van der Waals surface area contributed by atoms with E-state index < -0.39 is 5.82 Å². The summed E-state index contributed by atoms with van der Waals surface area (Å²) < 4.78 is 31.2. The summed E-state index contributed by atoms with van der Waals surface area (Å²) in [6.07, 6.45) is 1.17. The number of ether oxygens (including phenoxy) is 1. The van der Waals surface area contributed by atoms with Gasteiger partial charge in [-0.05, 0) is 50.9 Å². The molecular weight excluding hydrogens is 346 g/mol. The Morgan fingerprint density at radius 2 is 1.67 bits per heavy atom. The first kappa shape index (κ1) is 19.6. The fourth-order valence-corrected chi connectivity index (χ4v) is 2.80. The third kappa shape index (κ3) is 4.23. The lowest BCUT2D eigenvalue weighted by molar-refractivity contribution is 0.00578. The van der Waals surface area contributed by atoms with Gasteiger partial charge in [-0.1, -0.05) is 24.3 Å². The zero-order valence-electron chi connectivity index (χ0n) is 16.1. The number of rotatable bonds is 6. The Labute approximate surface area is 159 Å². The summed E-state index contributed by atoms with van der Waals surface area (Å²) in [5.74, 6) is -0.166. The molecule has 1 aliphatic heterocycles. The molecule has 0 amide bonds. The van der Waals surface area contributed by atoms with Crippen molar-refractivity contribution in [2.45, 2.75) is 45.3 Å². The Bertz CT molecular complexity index is 801. The molecule has 1 heterocycles. The molecule has 0 radical (unpaired) electrons. The average molecular weight is 370 g/mol. The molecule has 3 rings (SSSR count). The van der Waals surface area contributed by atoms with E-state index in [9.17, 15) is 9.18 Å². The van der Waals surface area contributed by atoms with E-state index in [1.807, 2.05) is 52.0 Å². The van der Waals surface area contributed by atoms with Gasteiger partial charge in [-0.2, -0.15) is 0 Å². The molecule has 0 aromatic heterocycles. The van der Waals surface area contributed by atoms with Crippen LogP contribution < -0.4 is 10.2 Å². The van der Waals surface area contributed by atoms with Crippen molar-refractivity contribution in [3.8, 4) is 5.75 Å². The van der Waals surface area contributed by atoms with Gasteiger partial charge in [-0.15, -0.1) is 0 Å². The molecule has 27 heavy (non-hydrogen) atoms. The van der Waals surface area contributed by atoms with Crippen molar-refractivity contribution < 1.29 is 23.2 Å². The second kappa shape index (κ2) is 7.45. The van der Waals surface area contributed by atoms with Crippen molar-refractivity contribution in [2.75, 3.05) is 6.61 Å². The number of carbonyl (C=O) groups excluding carboxylic acids is 1. The lowest BCUT2D eigenvalue weighted by Crippen LogP contribution is -2.41. The highest BCUT2D eigenvalue weighted by atomic mass is 19.1. The van der Waals surface area contributed by atoms with Gasteiger partial charge in [0.15, 0.2) is 6.29 Å². The minimum atomic E-state index is -0.575. The van der Waals surface area contributed by atoms with Crippen LogP contribution in [0.2, 0.25) is 0 Å². The van der Waals surface area contributed by atoms with Crippen molar-refractivity contribution >= 4 is 18.9 Å². The molecule has 0 aliphatic carbocycles. The van der Waals surface area contributed by atoms with E-state index in [1.165, 1.54) is 12.1 Å². The van der Waals surface area contributed by atoms with Crippen LogP contribution in [0.15, 0.2) is 42.5 Å². The number of hydrogen-bond acceptors (Lipinski definition) is 4. The molecule has 142 valence electrons. The van der Waals surface area contributed by atoms with Gasteiger partial charge in [0.25, 0.3) is 0 Å². The van der Waals surface area contributed by atoms with E-state index in [0.29, 0.717) is 25.1 Å². The van der Waals surface area contributed by atoms with E-state index in [2.05, 4.69) is 0 Å². The fraction of sp³-hybridized carbons (Fsp3) is 0.381. The SMILES string of the molecule is CC1(C)OB(c2ccc(CCOc3ccc(C=O)c(F)c3)cc2)OC1(C)C. The normalized spacial score (nSPS) is 17.7. The predicted molar refractivity (Wildman–Crippen MR) is 103 cm³/mol. The fourth-order valence-electron chi connectivity index (χ4n) is 2.80. The van der Waals surface area contributed by atoms with E-state index in [0.717, 1.165) is 11.0 Å². The summed E-state index contributed by atoms with van der Waals surface area (Å²) in [7, 11) is -0.375. The van der Waals surface area contributed by atoms with Crippen LogP contribution in [-0.4, -0.2) is 31.2 Å². The summed E-state index contributed by atoms with van der Waals surface area (Å²) in [6.45, 7) is 8.54. The molecule has 6 heteroatoms. The molecule has 0 bridgehead atoms. The summed E-state index contributed by atoms with van der Waals surface area (Å²) in [6, 6.07) is 12.3. The van der Waals surface area contributed by atoms with Crippen LogP contribution in [0.5, 0.6) is 5.75 Å². The lowest BCUT2D eigenvalue weighted by atomic mass is 9.79. The van der Waals surface area contributed by atoms with Gasteiger partial charge in [-0.3, -0.25) is 4.79 Å². The largest absolute Gasteiger partial charge is 0.494 e. The van der Waals surface area contributed by atoms with Crippen molar-refractivity contribution in [1.82, 2.24) is 0 Å². The molecule has 0 spiro atoms. The zero-order chi connectivity index (χ0) is 19.7. The quantitative estimate of drug-likeness (QED) is 0.576. The number of aldehydes is 1. The molecule has 4 nitrogen and oxygen atoms in total. The summed E-state index contributed by atoms with van der Waals surface area (Å²) in [5, 5.41) is 0. The standard InChI is InChI=1S/C21H24BFO4/c1-20(2)21(3,4)27-22(26-20)17-8-5-15(6-9-17)11-12-25-18-10-7-16(14-24)19(23)13-18/h5-10,13-14H,11-12H2,1-4H3. The molecule has 1 fully saturated rings. The number of halogens is 1. The van der Waals surface area contributed by atoms with Crippen LogP contribution in [0, 0.1) is 5.82 Å². The minimum Gasteiger partial charge on any atom is -0.493 e. The van der Waals surface area contributed by atoms with Crippen molar-refractivity contribution in [2.24, 2.45) is 0 Å². The van der Waals surface area contributed by atoms with Crippen molar-refractivity contribution in [1.29, 1.82) is 0 Å². The first-order valence-electron chi connectivity index (χ1n) is 9.04. The van der Waals surface area contributed by atoms with Crippen molar-refractivity contribution in [3.05, 3.63) is 59.4 Å². The van der Waals surface area contributed by atoms with E-state index in [-0.39, 0.29) is 23.9 Å². The lowest BCUT2D eigenvalue weighted by Gasteiger charge is -2.32. The molecule has 0 atom stereocenters. The van der Waals surface area contributed by atoms with Gasteiger partial charge in [-0.25, -0.2) is 4.39 Å². The van der Waals surface area contributed by atoms with Gasteiger partial charge in [0.1, 0.15) is 11.6 Å². The third-order valence-electron chi connectivity index (χ3n) is 5.26. The van der Waals surface area contributed by atoms with Gasteiger partial charge in [0, 0.05) is 12.5 Å². The Balaban J connectivity index is 1.56. The Kier molecular flexibility index (Phi) is 5.40. The third-order valence-corrected chi connectivity index (χ3v) is 5.26. The highest BCUT2D eigenvalue weighted by molar-refractivity contribution is 6.62. The number of benzene rings is 2. The van der Waals surface area contributed by atoms with Crippen LogP contribution in [0.1, 0.15) is 43.6 Å². The maximum Gasteiger partial charge on any atom is 0.494 e. The van der Waals surface area contributed by atoms with Gasteiger partial charge in [0.2, 0.25) is 0 Å². The highest BCUT2D eigenvalue weighted by Crippen LogP contribution is 2.36. The zero-order valence-corrected chi connectivity index (χ0v) is 16.1. The van der Waals surface area contributed by atoms with Gasteiger partial charge < -0.3 is 14.0 Å². The van der Waals surface area contributed by atoms with E-state index in [1.54, 1.807) is 6.07 Å². The molecular formula is C21H24BFO4. The molecule has 1 aliphatic rings. The highest BCUT2D eigenvalue weighted by Gasteiger charge is 2.51. The first-order chi connectivity index (χ1) is 12.7. The minimum absolute atomic E-state index is 0.0284. The molecule has 0 unspecified atom stereocenters. The molecule has 0 N–H and O–H groups in total. The Morgan fingerprint density at radius 1 is 1.04 bits per heavy atom. The van der Waals surface area contributed by atoms with E-state index in [4.69, 9.17) is 14.0 Å². The van der Waals surface area contributed by atoms with Crippen LogP contribution in [0.25, 0.3) is 0 Å².